The summed E-state index contributed by atoms with van der Waals surface area (Å²) in [5.41, 5.74) is 2.26. The van der Waals surface area contributed by atoms with E-state index >= 15 is 0 Å². The predicted molar refractivity (Wildman–Crippen MR) is 121 cm³/mol. The number of amides is 1. The number of benzene rings is 2. The average Bonchev–Trinajstić information content (AvgIpc) is 3.56. The normalized spacial score (nSPS) is 19.1. The smallest absolute Gasteiger partial charge is 0.230 e. The van der Waals surface area contributed by atoms with E-state index in [-0.39, 0.29) is 11.3 Å². The highest BCUT2D eigenvalue weighted by molar-refractivity contribution is 9.10. The number of rotatable bonds is 8. The van der Waals surface area contributed by atoms with Crippen LogP contribution >= 0.6 is 15.9 Å². The molecule has 4 rings (SSSR count). The van der Waals surface area contributed by atoms with Crippen molar-refractivity contribution in [2.75, 3.05) is 39.3 Å². The Balaban J connectivity index is 1.14. The largest absolute Gasteiger partial charge is 0.355 e. The first-order valence-corrected chi connectivity index (χ1v) is 11.5. The number of carbonyl (C=O) groups excluding carboxylic acids is 1. The van der Waals surface area contributed by atoms with E-state index in [1.807, 2.05) is 12.1 Å². The number of hydrogen-bond acceptors (Lipinski definition) is 3. The van der Waals surface area contributed by atoms with E-state index in [0.29, 0.717) is 0 Å². The second-order valence-electron chi connectivity index (χ2n) is 8.30. The van der Waals surface area contributed by atoms with Gasteiger partial charge >= 0.3 is 0 Å². The molecule has 0 spiro atoms. The number of halogens is 1. The van der Waals surface area contributed by atoms with Crippen LogP contribution in [0.5, 0.6) is 0 Å². The second-order valence-corrected chi connectivity index (χ2v) is 9.22. The van der Waals surface area contributed by atoms with Gasteiger partial charge in [0.25, 0.3) is 0 Å². The molecular formula is C24H30BrN3O. The third-order valence-electron chi connectivity index (χ3n) is 6.23. The van der Waals surface area contributed by atoms with Gasteiger partial charge in [-0.05, 0) is 49.1 Å². The van der Waals surface area contributed by atoms with Crippen molar-refractivity contribution in [1.29, 1.82) is 0 Å². The molecule has 0 atom stereocenters. The van der Waals surface area contributed by atoms with E-state index < -0.39 is 0 Å². The first kappa shape index (κ1) is 20.6. The fourth-order valence-corrected chi connectivity index (χ4v) is 4.49. The monoisotopic (exact) mass is 455 g/mol. The first-order valence-electron chi connectivity index (χ1n) is 10.7. The minimum atomic E-state index is -0.274. The van der Waals surface area contributed by atoms with Gasteiger partial charge in [-0.2, -0.15) is 0 Å². The SMILES string of the molecule is O=C(NCCCN1CCN(Cc2ccccc2)CC1)C1(c2ccc(Br)cc2)CC1. The quantitative estimate of drug-likeness (QED) is 0.614. The van der Waals surface area contributed by atoms with Gasteiger partial charge in [0, 0.05) is 43.7 Å². The van der Waals surface area contributed by atoms with Gasteiger partial charge in [-0.15, -0.1) is 0 Å². The molecule has 1 amide bonds. The lowest BCUT2D eigenvalue weighted by atomic mass is 9.95. The Kier molecular flexibility index (Phi) is 6.68. The summed E-state index contributed by atoms with van der Waals surface area (Å²) in [7, 11) is 0. The molecule has 1 aliphatic carbocycles. The molecule has 4 nitrogen and oxygen atoms in total. The Labute approximate surface area is 182 Å². The number of hydrogen-bond donors (Lipinski definition) is 1. The lowest BCUT2D eigenvalue weighted by Crippen LogP contribution is -2.46. The minimum Gasteiger partial charge on any atom is -0.355 e. The highest BCUT2D eigenvalue weighted by Crippen LogP contribution is 2.48. The van der Waals surface area contributed by atoms with E-state index in [1.165, 1.54) is 5.56 Å². The maximum atomic E-state index is 12.7. The third-order valence-corrected chi connectivity index (χ3v) is 6.76. The van der Waals surface area contributed by atoms with Crippen LogP contribution in [0.15, 0.2) is 59.1 Å². The predicted octanol–water partition coefficient (Wildman–Crippen LogP) is 3.80. The molecule has 2 aromatic rings. The summed E-state index contributed by atoms with van der Waals surface area (Å²) in [6.07, 6.45) is 2.94. The van der Waals surface area contributed by atoms with E-state index in [1.54, 1.807) is 0 Å². The molecule has 0 aromatic heterocycles. The molecule has 2 aromatic carbocycles. The highest BCUT2D eigenvalue weighted by atomic mass is 79.9. The van der Waals surface area contributed by atoms with E-state index in [2.05, 4.69) is 73.5 Å². The Morgan fingerprint density at radius 2 is 1.59 bits per heavy atom. The maximum Gasteiger partial charge on any atom is 0.230 e. The Morgan fingerprint density at radius 1 is 0.931 bits per heavy atom. The van der Waals surface area contributed by atoms with Crippen LogP contribution in [0.3, 0.4) is 0 Å². The molecule has 1 N–H and O–H groups in total. The van der Waals surface area contributed by atoms with Crippen LogP contribution in [0.4, 0.5) is 0 Å². The molecule has 2 aliphatic rings. The van der Waals surface area contributed by atoms with Gasteiger partial charge in [0.15, 0.2) is 0 Å². The van der Waals surface area contributed by atoms with Crippen LogP contribution < -0.4 is 5.32 Å². The molecule has 0 unspecified atom stereocenters. The molecule has 154 valence electrons. The van der Waals surface area contributed by atoms with E-state index in [0.717, 1.165) is 75.1 Å². The van der Waals surface area contributed by atoms with Crippen molar-refractivity contribution < 1.29 is 4.79 Å². The van der Waals surface area contributed by atoms with Crippen molar-refractivity contribution in [1.82, 2.24) is 15.1 Å². The number of piperazine rings is 1. The van der Waals surface area contributed by atoms with Crippen molar-refractivity contribution in [2.45, 2.75) is 31.2 Å². The maximum absolute atomic E-state index is 12.7. The molecule has 1 heterocycles. The summed E-state index contributed by atoms with van der Waals surface area (Å²) in [4.78, 5) is 17.8. The molecule has 1 saturated carbocycles. The zero-order valence-corrected chi connectivity index (χ0v) is 18.5. The van der Waals surface area contributed by atoms with Crippen molar-refractivity contribution in [3.8, 4) is 0 Å². The van der Waals surface area contributed by atoms with Crippen molar-refractivity contribution >= 4 is 21.8 Å². The van der Waals surface area contributed by atoms with Crippen LogP contribution in [0.1, 0.15) is 30.4 Å². The molecule has 2 fully saturated rings. The summed E-state index contributed by atoms with van der Waals surface area (Å²) >= 11 is 3.47. The van der Waals surface area contributed by atoms with Gasteiger partial charge in [-0.3, -0.25) is 9.69 Å². The van der Waals surface area contributed by atoms with Gasteiger partial charge in [-0.25, -0.2) is 0 Å². The van der Waals surface area contributed by atoms with Crippen LogP contribution in [0, 0.1) is 0 Å². The highest BCUT2D eigenvalue weighted by Gasteiger charge is 2.50. The second kappa shape index (κ2) is 9.41. The van der Waals surface area contributed by atoms with E-state index in [4.69, 9.17) is 0 Å². The fraction of sp³-hybridized carbons (Fsp3) is 0.458. The van der Waals surface area contributed by atoms with Crippen LogP contribution in [-0.4, -0.2) is 55.0 Å². The molecule has 0 radical (unpaired) electrons. The summed E-state index contributed by atoms with van der Waals surface area (Å²) < 4.78 is 1.06. The number of nitrogens with one attached hydrogen (secondary N) is 1. The Morgan fingerprint density at radius 3 is 2.24 bits per heavy atom. The topological polar surface area (TPSA) is 35.6 Å². The van der Waals surface area contributed by atoms with Crippen LogP contribution in [0.25, 0.3) is 0 Å². The zero-order chi connectivity index (χ0) is 20.1. The molecular weight excluding hydrogens is 426 g/mol. The van der Waals surface area contributed by atoms with E-state index in [9.17, 15) is 4.79 Å². The molecule has 1 saturated heterocycles. The summed E-state index contributed by atoms with van der Waals surface area (Å²) in [6, 6.07) is 18.9. The van der Waals surface area contributed by atoms with Crippen molar-refractivity contribution in [3.05, 3.63) is 70.2 Å². The van der Waals surface area contributed by atoms with Crippen molar-refractivity contribution in [2.24, 2.45) is 0 Å². The van der Waals surface area contributed by atoms with Gasteiger partial charge in [0.2, 0.25) is 5.91 Å². The summed E-state index contributed by atoms with van der Waals surface area (Å²) in [6.45, 7) is 7.34. The van der Waals surface area contributed by atoms with Gasteiger partial charge in [-0.1, -0.05) is 58.4 Å². The molecule has 29 heavy (non-hydrogen) atoms. The number of carbonyl (C=O) groups is 1. The first-order chi connectivity index (χ1) is 14.2. The van der Waals surface area contributed by atoms with Crippen molar-refractivity contribution in [3.63, 3.8) is 0 Å². The standard InChI is InChI=1S/C24H30BrN3O/c25-22-9-7-21(8-10-22)24(11-12-24)23(29)26-13-4-14-27-15-17-28(18-16-27)19-20-5-2-1-3-6-20/h1-3,5-10H,4,11-19H2,(H,26,29). The molecule has 0 bridgehead atoms. The lowest BCUT2D eigenvalue weighted by molar-refractivity contribution is -0.123. The Bertz CT molecular complexity index is 797. The van der Waals surface area contributed by atoms with Gasteiger partial charge < -0.3 is 10.2 Å². The summed E-state index contributed by atoms with van der Waals surface area (Å²) in [5, 5.41) is 3.19. The number of nitrogens with zero attached hydrogens (tertiary/aromatic N) is 2. The van der Waals surface area contributed by atoms with Crippen LogP contribution in [0.2, 0.25) is 0 Å². The Hall–Kier alpha value is -1.69. The lowest BCUT2D eigenvalue weighted by Gasteiger charge is -2.34. The third kappa shape index (κ3) is 5.27. The zero-order valence-electron chi connectivity index (χ0n) is 16.9. The summed E-state index contributed by atoms with van der Waals surface area (Å²) in [5.74, 6) is 0.201. The van der Waals surface area contributed by atoms with Gasteiger partial charge in [0.1, 0.15) is 0 Å². The average molecular weight is 456 g/mol. The minimum absolute atomic E-state index is 0.201. The molecule has 1 aliphatic heterocycles. The fourth-order valence-electron chi connectivity index (χ4n) is 4.23. The van der Waals surface area contributed by atoms with Gasteiger partial charge in [0.05, 0.1) is 5.41 Å². The van der Waals surface area contributed by atoms with Crippen LogP contribution in [-0.2, 0) is 16.8 Å². The molecule has 5 heteroatoms.